The minimum atomic E-state index is -0.832. The van der Waals surface area contributed by atoms with Crippen LogP contribution < -0.4 is 10.1 Å². The molecule has 2 aromatic carbocycles. The lowest BCUT2D eigenvalue weighted by Gasteiger charge is -2.30. The van der Waals surface area contributed by atoms with E-state index in [1.165, 1.54) is 6.07 Å². The average molecular weight is 499 g/mol. The Kier molecular flexibility index (Phi) is 7.59. The van der Waals surface area contributed by atoms with Crippen molar-refractivity contribution in [2.75, 3.05) is 13.2 Å². The lowest BCUT2D eigenvalue weighted by atomic mass is 10.1. The molecule has 1 fully saturated rings. The number of carbonyl (C=O) groups excluding carboxylic acids is 1. The van der Waals surface area contributed by atoms with E-state index in [4.69, 9.17) is 9.47 Å². The number of para-hydroxylation sites is 1. The molecule has 1 aliphatic rings. The number of aromatic nitrogens is 2. The Morgan fingerprint density at radius 1 is 1.22 bits per heavy atom. The summed E-state index contributed by atoms with van der Waals surface area (Å²) in [6.07, 6.45) is 1.74. The largest absolute Gasteiger partial charge is 0.435 e. The van der Waals surface area contributed by atoms with E-state index in [0.717, 1.165) is 25.0 Å². The highest BCUT2D eigenvalue weighted by atomic mass is 19.1. The van der Waals surface area contributed by atoms with Crippen LogP contribution >= 0.6 is 0 Å². The monoisotopic (exact) mass is 498 g/mol. The third-order valence-electron chi connectivity index (χ3n) is 5.80. The number of aryl methyl sites for hydroxylation is 1. The number of rotatable bonds is 7. The number of halogens is 2. The van der Waals surface area contributed by atoms with Gasteiger partial charge in [0.25, 0.3) is 0 Å². The highest BCUT2D eigenvalue weighted by molar-refractivity contribution is 5.75. The summed E-state index contributed by atoms with van der Waals surface area (Å²) in [6, 6.07) is 12.2. The molecule has 1 saturated heterocycles. The van der Waals surface area contributed by atoms with Crippen LogP contribution in [0.25, 0.3) is 5.69 Å². The van der Waals surface area contributed by atoms with E-state index < -0.39 is 17.2 Å². The average Bonchev–Trinajstić information content (AvgIpc) is 3.43. The molecule has 0 spiro atoms. The highest BCUT2D eigenvalue weighted by Crippen LogP contribution is 2.33. The number of hydrogen-bond donors (Lipinski definition) is 1. The second kappa shape index (κ2) is 10.7. The summed E-state index contributed by atoms with van der Waals surface area (Å²) in [6.45, 7) is 8.79. The Morgan fingerprint density at radius 2 is 1.97 bits per heavy atom. The summed E-state index contributed by atoms with van der Waals surface area (Å²) in [5.74, 6) is -1.42. The number of urea groups is 1. The van der Waals surface area contributed by atoms with Crippen molar-refractivity contribution in [1.29, 1.82) is 0 Å². The van der Waals surface area contributed by atoms with E-state index in [-0.39, 0.29) is 30.3 Å². The molecule has 3 aromatic rings. The van der Waals surface area contributed by atoms with E-state index >= 15 is 0 Å². The number of carbonyl (C=O) groups is 1. The second-order valence-corrected chi connectivity index (χ2v) is 9.99. The van der Waals surface area contributed by atoms with E-state index in [2.05, 4.69) is 10.4 Å². The molecule has 0 bridgehead atoms. The first-order chi connectivity index (χ1) is 17.1. The fraction of sp³-hybridized carbons (Fsp3) is 0.407. The third kappa shape index (κ3) is 6.20. The van der Waals surface area contributed by atoms with Gasteiger partial charge in [-0.2, -0.15) is 5.10 Å². The summed E-state index contributed by atoms with van der Waals surface area (Å²) in [4.78, 5) is 15.0. The predicted molar refractivity (Wildman–Crippen MR) is 132 cm³/mol. The summed E-state index contributed by atoms with van der Waals surface area (Å²) >= 11 is 0. The van der Waals surface area contributed by atoms with Crippen molar-refractivity contribution in [1.82, 2.24) is 20.0 Å². The van der Waals surface area contributed by atoms with Crippen LogP contribution in [0.1, 0.15) is 44.9 Å². The van der Waals surface area contributed by atoms with Crippen LogP contribution in [-0.2, 0) is 11.3 Å². The van der Waals surface area contributed by atoms with Crippen LogP contribution in [0, 0.1) is 18.6 Å². The standard InChI is InChI=1S/C27H32F2N4O3/c1-18-22(17-32(16-21-11-8-14-35-21)26(34)30-27(2,3)4)25(33(31-18)20-9-6-5-7-10-20)36-24-13-12-19(28)15-23(24)29/h5-7,9-10,12-13,15,21H,8,11,14,16-17H2,1-4H3,(H,30,34). The predicted octanol–water partition coefficient (Wildman–Crippen LogP) is 5.74. The van der Waals surface area contributed by atoms with Crippen molar-refractivity contribution in [2.24, 2.45) is 0 Å². The van der Waals surface area contributed by atoms with Crippen molar-refractivity contribution in [3.05, 3.63) is 71.4 Å². The fourth-order valence-corrected chi connectivity index (χ4v) is 4.08. The van der Waals surface area contributed by atoms with Gasteiger partial charge < -0.3 is 19.7 Å². The Labute approximate surface area is 210 Å². The molecule has 1 aromatic heterocycles. The second-order valence-electron chi connectivity index (χ2n) is 9.99. The van der Waals surface area contributed by atoms with Crippen molar-refractivity contribution < 1.29 is 23.0 Å². The summed E-state index contributed by atoms with van der Waals surface area (Å²) in [5.41, 5.74) is 1.50. The van der Waals surface area contributed by atoms with Gasteiger partial charge in [-0.15, -0.1) is 0 Å². The van der Waals surface area contributed by atoms with Crippen LogP contribution in [0.15, 0.2) is 48.5 Å². The molecular weight excluding hydrogens is 466 g/mol. The van der Waals surface area contributed by atoms with E-state index in [1.54, 1.807) is 9.58 Å². The number of nitrogens with one attached hydrogen (secondary N) is 1. The molecule has 0 aliphatic carbocycles. The molecule has 1 unspecified atom stereocenters. The SMILES string of the molecule is Cc1nn(-c2ccccc2)c(Oc2ccc(F)cc2F)c1CN(CC1CCCO1)C(=O)NC(C)(C)C. The molecule has 9 heteroatoms. The minimum Gasteiger partial charge on any atom is -0.435 e. The number of nitrogens with zero attached hydrogens (tertiary/aromatic N) is 3. The molecule has 2 heterocycles. The Balaban J connectivity index is 1.74. The van der Waals surface area contributed by atoms with Crippen molar-refractivity contribution in [3.63, 3.8) is 0 Å². The van der Waals surface area contributed by atoms with Gasteiger partial charge in [0.2, 0.25) is 5.88 Å². The molecule has 36 heavy (non-hydrogen) atoms. The van der Waals surface area contributed by atoms with E-state index in [1.807, 2.05) is 58.0 Å². The minimum absolute atomic E-state index is 0.0703. The van der Waals surface area contributed by atoms with Gasteiger partial charge in [-0.25, -0.2) is 18.3 Å². The maximum atomic E-state index is 14.6. The first-order valence-corrected chi connectivity index (χ1v) is 12.1. The molecule has 0 radical (unpaired) electrons. The molecule has 2 amide bonds. The van der Waals surface area contributed by atoms with Gasteiger partial charge in [0, 0.05) is 24.8 Å². The zero-order valence-electron chi connectivity index (χ0n) is 21.1. The van der Waals surface area contributed by atoms with Gasteiger partial charge in [-0.05, 0) is 64.8 Å². The van der Waals surface area contributed by atoms with Crippen LogP contribution in [0.5, 0.6) is 11.6 Å². The smallest absolute Gasteiger partial charge is 0.318 e. The Bertz CT molecular complexity index is 1200. The van der Waals surface area contributed by atoms with Crippen molar-refractivity contribution in [3.8, 4) is 17.3 Å². The summed E-state index contributed by atoms with van der Waals surface area (Å²) in [7, 11) is 0. The quantitative estimate of drug-likeness (QED) is 0.451. The van der Waals surface area contributed by atoms with Crippen LogP contribution in [0.2, 0.25) is 0 Å². The van der Waals surface area contributed by atoms with Gasteiger partial charge in [-0.3, -0.25) is 0 Å². The van der Waals surface area contributed by atoms with E-state index in [0.29, 0.717) is 30.1 Å². The number of ether oxygens (including phenoxy) is 2. The maximum Gasteiger partial charge on any atom is 0.318 e. The molecule has 192 valence electrons. The van der Waals surface area contributed by atoms with Crippen molar-refractivity contribution in [2.45, 2.75) is 58.7 Å². The van der Waals surface area contributed by atoms with Crippen LogP contribution in [-0.4, -0.2) is 45.5 Å². The zero-order valence-corrected chi connectivity index (χ0v) is 21.1. The highest BCUT2D eigenvalue weighted by Gasteiger charge is 2.29. The molecule has 0 saturated carbocycles. The summed E-state index contributed by atoms with van der Waals surface area (Å²) in [5, 5.41) is 7.67. The Hall–Kier alpha value is -3.46. The van der Waals surface area contributed by atoms with Crippen molar-refractivity contribution >= 4 is 6.03 Å². The normalized spacial score (nSPS) is 15.7. The number of benzene rings is 2. The lowest BCUT2D eigenvalue weighted by molar-refractivity contribution is 0.0779. The van der Waals surface area contributed by atoms with Gasteiger partial charge in [0.05, 0.1) is 29.6 Å². The summed E-state index contributed by atoms with van der Waals surface area (Å²) < 4.78 is 41.5. The first-order valence-electron chi connectivity index (χ1n) is 12.1. The topological polar surface area (TPSA) is 68.6 Å². The van der Waals surface area contributed by atoms with Crippen LogP contribution in [0.4, 0.5) is 13.6 Å². The molecular formula is C27H32F2N4O3. The Morgan fingerprint density at radius 3 is 2.61 bits per heavy atom. The van der Waals surface area contributed by atoms with Crippen LogP contribution in [0.3, 0.4) is 0 Å². The third-order valence-corrected chi connectivity index (χ3v) is 5.80. The maximum absolute atomic E-state index is 14.6. The molecule has 1 atom stereocenters. The lowest BCUT2D eigenvalue weighted by Crippen LogP contribution is -2.50. The number of amides is 2. The first kappa shape index (κ1) is 25.6. The van der Waals surface area contributed by atoms with Gasteiger partial charge in [0.15, 0.2) is 11.6 Å². The molecule has 1 N–H and O–H groups in total. The number of hydrogen-bond acceptors (Lipinski definition) is 4. The zero-order chi connectivity index (χ0) is 25.9. The van der Waals surface area contributed by atoms with Gasteiger partial charge in [-0.1, -0.05) is 18.2 Å². The van der Waals surface area contributed by atoms with E-state index in [9.17, 15) is 13.6 Å². The molecule has 1 aliphatic heterocycles. The molecule has 4 rings (SSSR count). The van der Waals surface area contributed by atoms with Gasteiger partial charge >= 0.3 is 6.03 Å². The van der Waals surface area contributed by atoms with Gasteiger partial charge in [0.1, 0.15) is 5.82 Å². The fourth-order valence-electron chi connectivity index (χ4n) is 4.08. The molecule has 7 nitrogen and oxygen atoms in total.